The number of ether oxygens (including phenoxy) is 1. The van der Waals surface area contributed by atoms with Gasteiger partial charge >= 0.3 is 0 Å². The fourth-order valence-electron chi connectivity index (χ4n) is 2.18. The topological polar surface area (TPSA) is 21.3 Å². The molecule has 0 bridgehead atoms. The van der Waals surface area contributed by atoms with E-state index in [4.69, 9.17) is 4.74 Å². The molecule has 88 valence electrons. The van der Waals surface area contributed by atoms with E-state index < -0.39 is 0 Å². The Morgan fingerprint density at radius 2 is 2.19 bits per heavy atom. The maximum atomic E-state index is 6.07. The summed E-state index contributed by atoms with van der Waals surface area (Å²) in [6, 6.07) is 0.646. The SMILES string of the molecule is C=C1CC=CC(C)=CC1O[C@H]1C[C@H](NC)C1. The maximum absolute atomic E-state index is 6.07. The van der Waals surface area contributed by atoms with E-state index in [2.05, 4.69) is 37.0 Å². The molecule has 0 aliphatic heterocycles. The van der Waals surface area contributed by atoms with Gasteiger partial charge in [-0.25, -0.2) is 0 Å². The summed E-state index contributed by atoms with van der Waals surface area (Å²) in [4.78, 5) is 0. The van der Waals surface area contributed by atoms with Gasteiger partial charge < -0.3 is 10.1 Å². The molecule has 2 rings (SSSR count). The molecule has 1 fully saturated rings. The van der Waals surface area contributed by atoms with Gasteiger partial charge in [0.05, 0.1) is 12.2 Å². The maximum Gasteiger partial charge on any atom is 0.0976 e. The van der Waals surface area contributed by atoms with Crippen molar-refractivity contribution in [3.8, 4) is 0 Å². The minimum Gasteiger partial charge on any atom is -0.366 e. The summed E-state index contributed by atoms with van der Waals surface area (Å²) < 4.78 is 6.07. The molecule has 2 aliphatic rings. The second-order valence-electron chi connectivity index (χ2n) is 4.81. The van der Waals surface area contributed by atoms with Gasteiger partial charge in [-0.1, -0.05) is 24.3 Å². The van der Waals surface area contributed by atoms with Crippen molar-refractivity contribution in [1.82, 2.24) is 5.32 Å². The molecule has 1 N–H and O–H groups in total. The normalized spacial score (nSPS) is 34.2. The zero-order chi connectivity index (χ0) is 11.5. The Morgan fingerprint density at radius 3 is 2.88 bits per heavy atom. The summed E-state index contributed by atoms with van der Waals surface area (Å²) >= 11 is 0. The molecule has 0 aromatic carbocycles. The van der Waals surface area contributed by atoms with Crippen LogP contribution in [0.25, 0.3) is 0 Å². The number of allylic oxidation sites excluding steroid dienone is 3. The Morgan fingerprint density at radius 1 is 1.44 bits per heavy atom. The third kappa shape index (κ3) is 2.63. The van der Waals surface area contributed by atoms with E-state index in [-0.39, 0.29) is 6.10 Å². The first kappa shape index (κ1) is 11.6. The van der Waals surface area contributed by atoms with Gasteiger partial charge in [-0.3, -0.25) is 0 Å². The summed E-state index contributed by atoms with van der Waals surface area (Å²) in [6.45, 7) is 6.22. The van der Waals surface area contributed by atoms with Crippen LogP contribution in [0.15, 0.2) is 36.0 Å². The lowest BCUT2D eigenvalue weighted by molar-refractivity contribution is -0.0318. The zero-order valence-electron chi connectivity index (χ0n) is 10.2. The number of rotatable bonds is 3. The standard InChI is InChI=1S/C14H21NO/c1-10-5-4-6-11(2)14(7-10)16-13-8-12(9-13)15-3/h4-5,7,12-15H,2,6,8-9H2,1,3H3/t12-,13-,14?. The van der Waals surface area contributed by atoms with Gasteiger partial charge in [0.15, 0.2) is 0 Å². The van der Waals surface area contributed by atoms with Crippen molar-refractivity contribution in [1.29, 1.82) is 0 Å². The third-order valence-corrected chi connectivity index (χ3v) is 3.42. The second kappa shape index (κ2) is 4.98. The molecule has 0 heterocycles. The number of hydrogen-bond donors (Lipinski definition) is 1. The molecular weight excluding hydrogens is 198 g/mol. The molecule has 0 aromatic heterocycles. The van der Waals surface area contributed by atoms with Gasteiger partial charge in [0.25, 0.3) is 0 Å². The van der Waals surface area contributed by atoms with E-state index in [1.54, 1.807) is 0 Å². The van der Waals surface area contributed by atoms with Crippen molar-refractivity contribution < 1.29 is 4.74 Å². The highest BCUT2D eigenvalue weighted by Gasteiger charge is 2.30. The van der Waals surface area contributed by atoms with Crippen molar-refractivity contribution in [3.05, 3.63) is 36.0 Å². The number of nitrogens with one attached hydrogen (secondary N) is 1. The Bertz CT molecular complexity index is 324. The molecule has 0 radical (unpaired) electrons. The van der Waals surface area contributed by atoms with E-state index in [9.17, 15) is 0 Å². The zero-order valence-corrected chi connectivity index (χ0v) is 10.2. The first-order valence-corrected chi connectivity index (χ1v) is 6.04. The highest BCUT2D eigenvalue weighted by atomic mass is 16.5. The van der Waals surface area contributed by atoms with Crippen LogP contribution in [0.1, 0.15) is 26.2 Å². The van der Waals surface area contributed by atoms with Crippen LogP contribution < -0.4 is 5.32 Å². The van der Waals surface area contributed by atoms with Gasteiger partial charge in [-0.15, -0.1) is 0 Å². The molecule has 0 saturated heterocycles. The molecular formula is C14H21NO. The largest absolute Gasteiger partial charge is 0.366 e. The van der Waals surface area contributed by atoms with Crippen LogP contribution in [-0.2, 0) is 4.74 Å². The number of hydrogen-bond acceptors (Lipinski definition) is 2. The minimum absolute atomic E-state index is 0.109. The Labute approximate surface area is 98.1 Å². The van der Waals surface area contributed by atoms with Crippen LogP contribution >= 0.6 is 0 Å². The lowest BCUT2D eigenvalue weighted by atomic mass is 9.89. The molecule has 1 atom stereocenters. The van der Waals surface area contributed by atoms with E-state index in [0.717, 1.165) is 19.3 Å². The van der Waals surface area contributed by atoms with Crippen LogP contribution in [0.2, 0.25) is 0 Å². The van der Waals surface area contributed by atoms with Crippen molar-refractivity contribution in [2.24, 2.45) is 0 Å². The minimum atomic E-state index is 0.109. The summed E-state index contributed by atoms with van der Waals surface area (Å²) in [5, 5.41) is 3.27. The summed E-state index contributed by atoms with van der Waals surface area (Å²) in [6.07, 6.45) is 10.2. The second-order valence-corrected chi connectivity index (χ2v) is 4.81. The molecule has 0 aromatic rings. The third-order valence-electron chi connectivity index (χ3n) is 3.42. The van der Waals surface area contributed by atoms with Crippen LogP contribution in [0.5, 0.6) is 0 Å². The quantitative estimate of drug-likeness (QED) is 0.737. The highest BCUT2D eigenvalue weighted by Crippen LogP contribution is 2.28. The predicted octanol–water partition coefficient (Wildman–Crippen LogP) is 2.58. The molecule has 2 aliphatic carbocycles. The molecule has 1 unspecified atom stereocenters. The van der Waals surface area contributed by atoms with Gasteiger partial charge in [-0.2, -0.15) is 0 Å². The monoisotopic (exact) mass is 219 g/mol. The first-order valence-electron chi connectivity index (χ1n) is 6.04. The summed E-state index contributed by atoms with van der Waals surface area (Å²) in [5.74, 6) is 0. The Hall–Kier alpha value is -0.860. The van der Waals surface area contributed by atoms with Gasteiger partial charge in [-0.05, 0) is 44.9 Å². The molecule has 2 heteroatoms. The van der Waals surface area contributed by atoms with Crippen molar-refractivity contribution in [3.63, 3.8) is 0 Å². The van der Waals surface area contributed by atoms with E-state index in [0.29, 0.717) is 12.1 Å². The fourth-order valence-corrected chi connectivity index (χ4v) is 2.18. The van der Waals surface area contributed by atoms with E-state index in [1.807, 2.05) is 7.05 Å². The molecule has 0 spiro atoms. The van der Waals surface area contributed by atoms with Gasteiger partial charge in [0.2, 0.25) is 0 Å². The average Bonchev–Trinajstić information content (AvgIpc) is 2.34. The molecule has 16 heavy (non-hydrogen) atoms. The van der Waals surface area contributed by atoms with Crippen molar-refractivity contribution >= 4 is 0 Å². The summed E-state index contributed by atoms with van der Waals surface area (Å²) in [5.41, 5.74) is 2.44. The van der Waals surface area contributed by atoms with Crippen LogP contribution in [-0.4, -0.2) is 25.3 Å². The average molecular weight is 219 g/mol. The van der Waals surface area contributed by atoms with Gasteiger partial charge in [0.1, 0.15) is 0 Å². The van der Waals surface area contributed by atoms with Crippen LogP contribution in [0, 0.1) is 0 Å². The van der Waals surface area contributed by atoms with E-state index in [1.165, 1.54) is 11.1 Å². The fraction of sp³-hybridized carbons (Fsp3) is 0.571. The van der Waals surface area contributed by atoms with E-state index >= 15 is 0 Å². The summed E-state index contributed by atoms with van der Waals surface area (Å²) in [7, 11) is 2.01. The molecule has 0 amide bonds. The Kier molecular flexibility index (Phi) is 3.62. The lowest BCUT2D eigenvalue weighted by Gasteiger charge is -2.37. The van der Waals surface area contributed by atoms with Crippen molar-refractivity contribution in [2.45, 2.75) is 44.4 Å². The molecule has 1 saturated carbocycles. The van der Waals surface area contributed by atoms with Crippen molar-refractivity contribution in [2.75, 3.05) is 7.05 Å². The predicted molar refractivity (Wildman–Crippen MR) is 67.4 cm³/mol. The first-order chi connectivity index (χ1) is 7.69. The lowest BCUT2D eigenvalue weighted by Crippen LogP contribution is -2.45. The Balaban J connectivity index is 1.89. The van der Waals surface area contributed by atoms with Crippen LogP contribution in [0.4, 0.5) is 0 Å². The van der Waals surface area contributed by atoms with Gasteiger partial charge in [0, 0.05) is 6.04 Å². The molecule has 2 nitrogen and oxygen atoms in total. The smallest absolute Gasteiger partial charge is 0.0976 e. The van der Waals surface area contributed by atoms with Crippen LogP contribution in [0.3, 0.4) is 0 Å². The highest BCUT2D eigenvalue weighted by molar-refractivity contribution is 5.29.